The lowest BCUT2D eigenvalue weighted by Crippen LogP contribution is -2.28. The van der Waals surface area contributed by atoms with Crippen LogP contribution in [0.1, 0.15) is 0 Å². The van der Waals surface area contributed by atoms with Crippen LogP contribution in [-0.4, -0.2) is 31.4 Å². The largest absolute Gasteiger partial charge is 0.502 e. The first-order valence-electron chi connectivity index (χ1n) is 4.49. The van der Waals surface area contributed by atoms with Crippen molar-refractivity contribution < 1.29 is 27.2 Å². The highest BCUT2D eigenvalue weighted by Crippen LogP contribution is 2.28. The molecular formula is C8H8F2N2O5S. The maximum Gasteiger partial charge on any atom is 0.312 e. The summed E-state index contributed by atoms with van der Waals surface area (Å²) in [6.45, 7) is -1.10. The van der Waals surface area contributed by atoms with Crippen molar-refractivity contribution in [2.24, 2.45) is 0 Å². The summed E-state index contributed by atoms with van der Waals surface area (Å²) in [5.41, 5.74) is -0.824. The number of halogens is 2. The zero-order valence-corrected chi connectivity index (χ0v) is 9.52. The molecule has 1 rings (SSSR count). The summed E-state index contributed by atoms with van der Waals surface area (Å²) >= 11 is 0. The van der Waals surface area contributed by atoms with E-state index in [-0.39, 0.29) is 0 Å². The van der Waals surface area contributed by atoms with Gasteiger partial charge in [0.25, 0.3) is 6.43 Å². The lowest BCUT2D eigenvalue weighted by atomic mass is 10.3. The van der Waals surface area contributed by atoms with E-state index in [9.17, 15) is 27.3 Å². The predicted octanol–water partition coefficient (Wildman–Crippen LogP) is 0.844. The van der Waals surface area contributed by atoms with E-state index in [4.69, 9.17) is 5.11 Å². The van der Waals surface area contributed by atoms with Crippen LogP contribution in [0.15, 0.2) is 23.1 Å². The Kier molecular flexibility index (Phi) is 4.14. The van der Waals surface area contributed by atoms with Crippen molar-refractivity contribution in [3.63, 3.8) is 0 Å². The Morgan fingerprint density at radius 1 is 1.44 bits per heavy atom. The summed E-state index contributed by atoms with van der Waals surface area (Å²) in [7, 11) is -4.27. The van der Waals surface area contributed by atoms with Gasteiger partial charge in [0.15, 0.2) is 5.75 Å². The van der Waals surface area contributed by atoms with Crippen molar-refractivity contribution in [2.75, 3.05) is 6.54 Å². The molecule has 10 heteroatoms. The van der Waals surface area contributed by atoms with Crippen LogP contribution in [-0.2, 0) is 10.0 Å². The first kappa shape index (κ1) is 14.3. The van der Waals surface area contributed by atoms with Crippen LogP contribution in [0.5, 0.6) is 5.75 Å². The maximum atomic E-state index is 11.9. The predicted molar refractivity (Wildman–Crippen MR) is 56.0 cm³/mol. The molecule has 0 spiro atoms. The van der Waals surface area contributed by atoms with Crippen LogP contribution in [0.4, 0.5) is 14.5 Å². The molecule has 1 aromatic carbocycles. The van der Waals surface area contributed by atoms with Crippen LogP contribution in [0, 0.1) is 10.1 Å². The third-order valence-electron chi connectivity index (χ3n) is 1.88. The number of nitro benzene ring substituents is 1. The first-order valence-corrected chi connectivity index (χ1v) is 5.97. The molecule has 0 aromatic heterocycles. The lowest BCUT2D eigenvalue weighted by Gasteiger charge is -2.06. The zero-order chi connectivity index (χ0) is 13.9. The Morgan fingerprint density at radius 2 is 2.06 bits per heavy atom. The molecule has 0 heterocycles. The van der Waals surface area contributed by atoms with Gasteiger partial charge in [-0.2, -0.15) is 0 Å². The molecule has 0 aliphatic rings. The average Bonchev–Trinajstić information content (AvgIpc) is 2.26. The molecule has 0 atom stereocenters. The molecular weight excluding hydrogens is 274 g/mol. The van der Waals surface area contributed by atoms with Crippen molar-refractivity contribution >= 4 is 15.7 Å². The number of aromatic hydroxyl groups is 1. The second-order valence-electron chi connectivity index (χ2n) is 3.15. The van der Waals surface area contributed by atoms with Gasteiger partial charge in [0.2, 0.25) is 10.0 Å². The fraction of sp³-hybridized carbons (Fsp3) is 0.250. The molecule has 1 aromatic rings. The maximum absolute atomic E-state index is 11.9. The summed E-state index contributed by atoms with van der Waals surface area (Å²) in [5, 5.41) is 19.6. The van der Waals surface area contributed by atoms with Gasteiger partial charge < -0.3 is 5.11 Å². The highest BCUT2D eigenvalue weighted by atomic mass is 32.2. The van der Waals surface area contributed by atoms with E-state index < -0.39 is 44.2 Å². The lowest BCUT2D eigenvalue weighted by molar-refractivity contribution is -0.386. The number of nitro groups is 1. The number of sulfonamides is 1. The van der Waals surface area contributed by atoms with Gasteiger partial charge in [-0.15, -0.1) is 0 Å². The molecule has 0 saturated carbocycles. The molecule has 0 amide bonds. The number of alkyl halides is 2. The Balaban J connectivity index is 3.10. The van der Waals surface area contributed by atoms with Crippen LogP contribution in [0.25, 0.3) is 0 Å². The molecule has 0 aliphatic carbocycles. The number of phenolic OH excluding ortho intramolecular Hbond substituents is 1. The highest BCUT2D eigenvalue weighted by molar-refractivity contribution is 7.89. The molecule has 100 valence electrons. The molecule has 18 heavy (non-hydrogen) atoms. The minimum Gasteiger partial charge on any atom is -0.502 e. The van der Waals surface area contributed by atoms with Crippen LogP contribution in [0.3, 0.4) is 0 Å². The molecule has 0 unspecified atom stereocenters. The van der Waals surface area contributed by atoms with Gasteiger partial charge in [-0.05, 0) is 12.1 Å². The second-order valence-corrected chi connectivity index (χ2v) is 4.92. The van der Waals surface area contributed by atoms with Gasteiger partial charge in [-0.1, -0.05) is 0 Å². The van der Waals surface area contributed by atoms with Gasteiger partial charge in [0.1, 0.15) is 0 Å². The summed E-state index contributed by atoms with van der Waals surface area (Å²) < 4.78 is 48.3. The number of hydrogen-bond donors (Lipinski definition) is 2. The van der Waals surface area contributed by atoms with Crippen molar-refractivity contribution in [2.45, 2.75) is 11.3 Å². The van der Waals surface area contributed by atoms with E-state index in [0.717, 1.165) is 12.1 Å². The topological polar surface area (TPSA) is 110 Å². The van der Waals surface area contributed by atoms with Crippen molar-refractivity contribution in [1.29, 1.82) is 0 Å². The third kappa shape index (κ3) is 3.34. The SMILES string of the molecule is O=[N+]([O-])c1cc(S(=O)(=O)NCC(F)F)ccc1O. The Labute approximate surface area is 100 Å². The minimum atomic E-state index is -4.27. The van der Waals surface area contributed by atoms with Gasteiger partial charge >= 0.3 is 5.69 Å². The third-order valence-corrected chi connectivity index (χ3v) is 3.30. The minimum absolute atomic E-state index is 0.576. The average molecular weight is 282 g/mol. The van der Waals surface area contributed by atoms with Crippen molar-refractivity contribution in [1.82, 2.24) is 4.72 Å². The summed E-state index contributed by atoms with van der Waals surface area (Å²) in [6.07, 6.45) is -2.88. The van der Waals surface area contributed by atoms with E-state index in [2.05, 4.69) is 0 Å². The number of nitrogens with zero attached hydrogens (tertiary/aromatic N) is 1. The van der Waals surface area contributed by atoms with Crippen LogP contribution < -0.4 is 4.72 Å². The Bertz CT molecular complexity index is 561. The number of benzene rings is 1. The number of rotatable bonds is 5. The molecule has 7 nitrogen and oxygen atoms in total. The Morgan fingerprint density at radius 3 is 2.56 bits per heavy atom. The summed E-state index contributed by atoms with van der Waals surface area (Å²) in [5.74, 6) is -0.715. The normalized spacial score (nSPS) is 11.7. The molecule has 0 bridgehead atoms. The van der Waals surface area contributed by atoms with E-state index in [0.29, 0.717) is 6.07 Å². The van der Waals surface area contributed by atoms with E-state index in [1.807, 2.05) is 0 Å². The van der Waals surface area contributed by atoms with Crippen LogP contribution >= 0.6 is 0 Å². The zero-order valence-electron chi connectivity index (χ0n) is 8.71. The standard InChI is InChI=1S/C8H8F2N2O5S/c9-8(10)4-11-18(16,17)5-1-2-7(13)6(3-5)12(14)15/h1-3,8,11,13H,4H2. The van der Waals surface area contributed by atoms with Crippen molar-refractivity contribution in [3.05, 3.63) is 28.3 Å². The fourth-order valence-corrected chi connectivity index (χ4v) is 2.10. The molecule has 2 N–H and O–H groups in total. The second kappa shape index (κ2) is 5.23. The van der Waals surface area contributed by atoms with E-state index >= 15 is 0 Å². The van der Waals surface area contributed by atoms with Gasteiger partial charge in [0.05, 0.1) is 16.4 Å². The quantitative estimate of drug-likeness (QED) is 0.614. The van der Waals surface area contributed by atoms with Crippen LogP contribution in [0.2, 0.25) is 0 Å². The number of phenols is 1. The van der Waals surface area contributed by atoms with Gasteiger partial charge in [-0.25, -0.2) is 21.9 Å². The van der Waals surface area contributed by atoms with Gasteiger partial charge in [0, 0.05) is 6.07 Å². The summed E-state index contributed by atoms with van der Waals surface area (Å²) in [6, 6.07) is 2.26. The number of hydrogen-bond acceptors (Lipinski definition) is 5. The molecule has 0 fully saturated rings. The molecule has 0 radical (unpaired) electrons. The molecule has 0 saturated heterocycles. The Hall–Kier alpha value is -1.81. The van der Waals surface area contributed by atoms with E-state index in [1.165, 1.54) is 0 Å². The molecule has 0 aliphatic heterocycles. The number of nitrogens with one attached hydrogen (secondary N) is 1. The van der Waals surface area contributed by atoms with Gasteiger partial charge in [-0.3, -0.25) is 10.1 Å². The smallest absolute Gasteiger partial charge is 0.312 e. The van der Waals surface area contributed by atoms with Crippen molar-refractivity contribution in [3.8, 4) is 5.75 Å². The first-order chi connectivity index (χ1) is 8.24. The highest BCUT2D eigenvalue weighted by Gasteiger charge is 2.21. The van der Waals surface area contributed by atoms with E-state index in [1.54, 1.807) is 4.72 Å². The summed E-state index contributed by atoms with van der Waals surface area (Å²) in [4.78, 5) is 8.92. The monoisotopic (exact) mass is 282 g/mol. The fourth-order valence-electron chi connectivity index (χ4n) is 1.07.